The Morgan fingerprint density at radius 1 is 1.23 bits per heavy atom. The third-order valence-electron chi connectivity index (χ3n) is 6.84. The first kappa shape index (κ1) is 28.8. The molecule has 2 aliphatic rings. The van der Waals surface area contributed by atoms with Gasteiger partial charge in [-0.05, 0) is 43.7 Å². The van der Waals surface area contributed by atoms with Crippen LogP contribution in [0.15, 0.2) is 41.4 Å². The summed E-state index contributed by atoms with van der Waals surface area (Å²) in [6, 6.07) is 5.53. The second kappa shape index (κ2) is 12.0. The largest absolute Gasteiger partial charge is 0.394 e. The fourth-order valence-electron chi connectivity index (χ4n) is 4.67. The Morgan fingerprint density at radius 2 is 1.95 bits per heavy atom. The number of hydrogen-bond acceptors (Lipinski definition) is 8. The standard InChI is InChI=1S/C26H26ClF3N4O5S/c1-2-38-24-22(34-11-18(31-32-34)13-8-16(28)21(30)17(29)9-13)23(36)19(12-35)39-26(24)40-20-10-14(27)4-5-15(20)25(37)33-6-3-7-33/h4-5,8-11,19,22-24,26,35-36H,2-3,6-7,12H2,1H3. The van der Waals surface area contributed by atoms with Crippen LogP contribution in [0.2, 0.25) is 5.02 Å². The molecular weight excluding hydrogens is 573 g/mol. The third-order valence-corrected chi connectivity index (χ3v) is 8.28. The minimum absolute atomic E-state index is 0.0220. The minimum Gasteiger partial charge on any atom is -0.394 e. The lowest BCUT2D eigenvalue weighted by Crippen LogP contribution is -2.56. The maximum Gasteiger partial charge on any atom is 0.254 e. The topological polar surface area (TPSA) is 110 Å². The quantitative estimate of drug-likeness (QED) is 0.378. The van der Waals surface area contributed by atoms with Crippen LogP contribution in [-0.2, 0) is 9.47 Å². The van der Waals surface area contributed by atoms with Crippen LogP contribution in [0.3, 0.4) is 0 Å². The van der Waals surface area contributed by atoms with E-state index < -0.39 is 53.8 Å². The number of aliphatic hydroxyl groups excluding tert-OH is 2. The first-order valence-electron chi connectivity index (χ1n) is 12.6. The number of benzene rings is 2. The third kappa shape index (κ3) is 5.58. The van der Waals surface area contributed by atoms with Crippen LogP contribution in [0.4, 0.5) is 13.2 Å². The summed E-state index contributed by atoms with van der Waals surface area (Å²) in [5.41, 5.74) is -0.455. The molecule has 2 aromatic carbocycles. The van der Waals surface area contributed by atoms with Gasteiger partial charge in [-0.3, -0.25) is 4.79 Å². The molecule has 5 rings (SSSR count). The first-order valence-corrected chi connectivity index (χ1v) is 13.9. The lowest BCUT2D eigenvalue weighted by molar-refractivity contribution is -0.191. The second-order valence-corrected chi connectivity index (χ2v) is 10.9. The lowest BCUT2D eigenvalue weighted by Gasteiger charge is -2.43. The molecule has 5 unspecified atom stereocenters. The SMILES string of the molecule is CCOC1C(Sc2cc(Cl)ccc2C(=O)N2CCC2)OC(CO)C(O)C1n1cc(-c2cc(F)c(F)c(F)c2)nn1. The van der Waals surface area contributed by atoms with Crippen LogP contribution in [-0.4, -0.2) is 86.1 Å². The van der Waals surface area contributed by atoms with Gasteiger partial charge in [0.2, 0.25) is 0 Å². The Hall–Kier alpha value is -2.68. The Kier molecular flexibility index (Phi) is 8.69. The summed E-state index contributed by atoms with van der Waals surface area (Å²) in [6.07, 6.45) is -1.01. The normalized spacial score (nSPS) is 24.7. The van der Waals surface area contributed by atoms with E-state index in [9.17, 15) is 28.2 Å². The molecule has 1 amide bonds. The lowest BCUT2D eigenvalue weighted by atomic mass is 9.97. The van der Waals surface area contributed by atoms with Crippen LogP contribution < -0.4 is 0 Å². The van der Waals surface area contributed by atoms with E-state index in [0.717, 1.165) is 30.3 Å². The highest BCUT2D eigenvalue weighted by Gasteiger charge is 2.48. The molecule has 0 bridgehead atoms. The Morgan fingerprint density at radius 3 is 2.58 bits per heavy atom. The molecule has 3 heterocycles. The average molecular weight is 599 g/mol. The molecule has 1 aromatic heterocycles. The zero-order valence-electron chi connectivity index (χ0n) is 21.2. The van der Waals surface area contributed by atoms with E-state index in [4.69, 9.17) is 21.1 Å². The second-order valence-electron chi connectivity index (χ2n) is 9.37. The minimum atomic E-state index is -1.61. The molecule has 14 heteroatoms. The number of carbonyl (C=O) groups excluding carboxylic acids is 1. The molecule has 2 aliphatic heterocycles. The predicted molar refractivity (Wildman–Crippen MR) is 139 cm³/mol. The zero-order valence-corrected chi connectivity index (χ0v) is 22.8. The predicted octanol–water partition coefficient (Wildman–Crippen LogP) is 3.68. The van der Waals surface area contributed by atoms with Crippen molar-refractivity contribution in [2.75, 3.05) is 26.3 Å². The van der Waals surface area contributed by atoms with Gasteiger partial charge in [0.25, 0.3) is 5.91 Å². The summed E-state index contributed by atoms with van der Waals surface area (Å²) in [7, 11) is 0. The van der Waals surface area contributed by atoms with Gasteiger partial charge < -0.3 is 24.6 Å². The van der Waals surface area contributed by atoms with Crippen LogP contribution in [0.1, 0.15) is 29.7 Å². The summed E-state index contributed by atoms with van der Waals surface area (Å²) in [5, 5.41) is 29.6. The number of ether oxygens (including phenoxy) is 2. The average Bonchev–Trinajstić information content (AvgIpc) is 3.37. The van der Waals surface area contributed by atoms with Crippen LogP contribution in [0.25, 0.3) is 11.3 Å². The fourth-order valence-corrected chi connectivity index (χ4v) is 6.21. The molecule has 5 atom stereocenters. The first-order chi connectivity index (χ1) is 19.2. The van der Waals surface area contributed by atoms with Gasteiger partial charge in [0.15, 0.2) is 17.5 Å². The summed E-state index contributed by atoms with van der Waals surface area (Å²) < 4.78 is 54.5. The van der Waals surface area contributed by atoms with E-state index in [1.54, 1.807) is 30.0 Å². The van der Waals surface area contributed by atoms with Crippen molar-refractivity contribution in [2.45, 2.75) is 48.0 Å². The van der Waals surface area contributed by atoms with Crippen LogP contribution in [0.5, 0.6) is 0 Å². The highest BCUT2D eigenvalue weighted by Crippen LogP contribution is 2.42. The van der Waals surface area contributed by atoms with E-state index in [1.165, 1.54) is 10.9 Å². The van der Waals surface area contributed by atoms with Gasteiger partial charge in [0.05, 0.1) is 18.4 Å². The summed E-state index contributed by atoms with van der Waals surface area (Å²) in [6.45, 7) is 2.73. The van der Waals surface area contributed by atoms with Crippen molar-refractivity contribution >= 4 is 29.3 Å². The molecular formula is C26H26ClF3N4O5S. The molecule has 0 aliphatic carbocycles. The Labute approximate surface area is 236 Å². The van der Waals surface area contributed by atoms with Crippen molar-refractivity contribution in [1.29, 1.82) is 0 Å². The molecule has 2 N–H and O–H groups in total. The number of rotatable bonds is 8. The van der Waals surface area contributed by atoms with E-state index in [1.807, 2.05) is 0 Å². The Bertz CT molecular complexity index is 1370. The van der Waals surface area contributed by atoms with Crippen molar-refractivity contribution in [3.8, 4) is 11.3 Å². The van der Waals surface area contributed by atoms with Crippen molar-refractivity contribution in [3.05, 3.63) is 64.6 Å². The molecule has 214 valence electrons. The molecule has 3 aromatic rings. The zero-order chi connectivity index (χ0) is 28.6. The number of aromatic nitrogens is 3. The molecule has 40 heavy (non-hydrogen) atoms. The van der Waals surface area contributed by atoms with Gasteiger partial charge >= 0.3 is 0 Å². The Balaban J connectivity index is 1.49. The number of likely N-dealkylation sites (tertiary alicyclic amines) is 1. The van der Waals surface area contributed by atoms with Crippen molar-refractivity contribution in [2.24, 2.45) is 0 Å². The molecule has 0 saturated carbocycles. The number of nitrogens with zero attached hydrogens (tertiary/aromatic N) is 4. The smallest absolute Gasteiger partial charge is 0.254 e. The summed E-state index contributed by atoms with van der Waals surface area (Å²) in [5.74, 6) is -4.52. The van der Waals surface area contributed by atoms with Crippen molar-refractivity contribution < 1.29 is 37.7 Å². The number of amides is 1. The van der Waals surface area contributed by atoms with Gasteiger partial charge in [-0.2, -0.15) is 0 Å². The van der Waals surface area contributed by atoms with Gasteiger partial charge in [0.1, 0.15) is 35.5 Å². The molecule has 0 spiro atoms. The molecule has 2 fully saturated rings. The molecule has 9 nitrogen and oxygen atoms in total. The van der Waals surface area contributed by atoms with Crippen molar-refractivity contribution in [3.63, 3.8) is 0 Å². The molecule has 2 saturated heterocycles. The van der Waals surface area contributed by atoms with Gasteiger partial charge in [0, 0.05) is 35.2 Å². The van der Waals surface area contributed by atoms with Gasteiger partial charge in [-0.15, -0.1) is 5.10 Å². The monoisotopic (exact) mass is 598 g/mol. The number of aliphatic hydroxyl groups is 2. The number of halogens is 4. The van der Waals surface area contributed by atoms with E-state index in [-0.39, 0.29) is 23.8 Å². The number of hydrogen-bond donors (Lipinski definition) is 2. The van der Waals surface area contributed by atoms with Crippen LogP contribution >= 0.6 is 23.4 Å². The van der Waals surface area contributed by atoms with E-state index in [2.05, 4.69) is 10.3 Å². The summed E-state index contributed by atoms with van der Waals surface area (Å²) in [4.78, 5) is 15.3. The molecule has 0 radical (unpaired) electrons. The van der Waals surface area contributed by atoms with Crippen molar-refractivity contribution in [1.82, 2.24) is 19.9 Å². The van der Waals surface area contributed by atoms with Gasteiger partial charge in [-0.1, -0.05) is 28.6 Å². The number of thioether (sulfide) groups is 1. The van der Waals surface area contributed by atoms with E-state index >= 15 is 0 Å². The van der Waals surface area contributed by atoms with Gasteiger partial charge in [-0.25, -0.2) is 17.9 Å². The number of carbonyl (C=O) groups is 1. The highest BCUT2D eigenvalue weighted by atomic mass is 35.5. The maximum absolute atomic E-state index is 13.8. The summed E-state index contributed by atoms with van der Waals surface area (Å²) >= 11 is 7.43. The van der Waals surface area contributed by atoms with E-state index in [0.29, 0.717) is 28.6 Å². The fraction of sp³-hybridized carbons (Fsp3) is 0.423. The van der Waals surface area contributed by atoms with Crippen LogP contribution in [0, 0.1) is 17.5 Å². The maximum atomic E-state index is 13.8. The highest BCUT2D eigenvalue weighted by molar-refractivity contribution is 8.00.